The van der Waals surface area contributed by atoms with Gasteiger partial charge in [-0.3, -0.25) is 0 Å². The van der Waals surface area contributed by atoms with Gasteiger partial charge >= 0.3 is 0 Å². The van der Waals surface area contributed by atoms with Crippen molar-refractivity contribution in [2.45, 2.75) is 13.8 Å². The smallest absolute Gasteiger partial charge is 0.176 e. The first-order chi connectivity index (χ1) is 5.83. The molecule has 0 aliphatic heterocycles. The average Bonchev–Trinajstić information content (AvgIpc) is 2.09. The van der Waals surface area contributed by atoms with Gasteiger partial charge in [-0.05, 0) is 25.5 Å². The van der Waals surface area contributed by atoms with Gasteiger partial charge < -0.3 is 4.74 Å². The predicted octanol–water partition coefficient (Wildman–Crippen LogP) is 2.09. The van der Waals surface area contributed by atoms with E-state index in [0.717, 1.165) is 5.56 Å². The number of aromatic nitrogens is 1. The third-order valence-corrected chi connectivity index (χ3v) is 1.32. The molecule has 0 atom stereocenters. The van der Waals surface area contributed by atoms with Crippen molar-refractivity contribution in [3.8, 4) is 0 Å². The topological polar surface area (TPSA) is 34.5 Å². The number of ether oxygens (including phenoxy) is 1. The normalized spacial score (nSPS) is 10.5. The van der Waals surface area contributed by atoms with Crippen molar-refractivity contribution in [2.75, 3.05) is 6.61 Å². The lowest BCUT2D eigenvalue weighted by molar-refractivity contribution is 0.344. The van der Waals surface area contributed by atoms with Gasteiger partial charge in [0, 0.05) is 6.20 Å². The summed E-state index contributed by atoms with van der Waals surface area (Å²) in [5.74, 6) is 0.675. The lowest BCUT2D eigenvalue weighted by Gasteiger charge is -1.93. The second-order valence-corrected chi connectivity index (χ2v) is 2.38. The summed E-state index contributed by atoms with van der Waals surface area (Å²) in [6, 6.07) is 3.82. The quantitative estimate of drug-likeness (QED) is 0.506. The highest BCUT2D eigenvalue weighted by Crippen LogP contribution is 2.06. The molecule has 0 aromatic carbocycles. The number of aryl methyl sites for hydroxylation is 1. The molecule has 0 unspecified atom stereocenters. The van der Waals surface area contributed by atoms with Gasteiger partial charge in [0.15, 0.2) is 12.2 Å². The van der Waals surface area contributed by atoms with E-state index in [2.05, 4.69) is 9.98 Å². The van der Waals surface area contributed by atoms with Crippen LogP contribution in [0.25, 0.3) is 0 Å². The second kappa shape index (κ2) is 4.49. The molecular weight excluding hydrogens is 152 g/mol. The van der Waals surface area contributed by atoms with Crippen LogP contribution in [0.3, 0.4) is 0 Å². The summed E-state index contributed by atoms with van der Waals surface area (Å²) in [6.07, 6.45) is 3.19. The number of rotatable bonds is 3. The first-order valence-electron chi connectivity index (χ1n) is 3.89. The fourth-order valence-corrected chi connectivity index (χ4v) is 0.702. The summed E-state index contributed by atoms with van der Waals surface area (Å²) in [5, 5.41) is 0. The Hall–Kier alpha value is -1.38. The standard InChI is InChI=1S/C9H12N2O/c1-3-12-7-11-9-5-4-8(2)6-10-9/h4-7H,3H2,1-2H3. The van der Waals surface area contributed by atoms with E-state index in [9.17, 15) is 0 Å². The van der Waals surface area contributed by atoms with Crippen LogP contribution in [0.4, 0.5) is 5.82 Å². The van der Waals surface area contributed by atoms with Crippen molar-refractivity contribution in [3.05, 3.63) is 23.9 Å². The van der Waals surface area contributed by atoms with Gasteiger partial charge in [0.1, 0.15) is 0 Å². The third-order valence-electron chi connectivity index (χ3n) is 1.32. The largest absolute Gasteiger partial charge is 0.483 e. The SMILES string of the molecule is CCOC=Nc1ccc(C)cn1. The maximum atomic E-state index is 4.94. The number of aliphatic imine (C=N–C) groups is 1. The Bertz CT molecular complexity index is 254. The zero-order valence-corrected chi connectivity index (χ0v) is 7.32. The summed E-state index contributed by atoms with van der Waals surface area (Å²) in [5.41, 5.74) is 1.13. The molecule has 0 N–H and O–H groups in total. The number of hydrogen-bond acceptors (Lipinski definition) is 3. The Kier molecular flexibility index (Phi) is 3.26. The van der Waals surface area contributed by atoms with E-state index < -0.39 is 0 Å². The van der Waals surface area contributed by atoms with Crippen LogP contribution in [0, 0.1) is 6.92 Å². The summed E-state index contributed by atoms with van der Waals surface area (Å²) in [6.45, 7) is 4.53. The van der Waals surface area contributed by atoms with Crippen molar-refractivity contribution in [2.24, 2.45) is 4.99 Å². The molecule has 1 aromatic heterocycles. The van der Waals surface area contributed by atoms with Gasteiger partial charge in [-0.15, -0.1) is 0 Å². The molecule has 1 aromatic rings. The van der Waals surface area contributed by atoms with E-state index in [1.54, 1.807) is 6.20 Å². The average molecular weight is 164 g/mol. The zero-order valence-electron chi connectivity index (χ0n) is 7.32. The minimum Gasteiger partial charge on any atom is -0.483 e. The number of nitrogens with zero attached hydrogens (tertiary/aromatic N) is 2. The van der Waals surface area contributed by atoms with Crippen LogP contribution in [0.2, 0.25) is 0 Å². The first kappa shape index (κ1) is 8.71. The van der Waals surface area contributed by atoms with Gasteiger partial charge in [0.05, 0.1) is 6.61 Å². The van der Waals surface area contributed by atoms with E-state index in [1.807, 2.05) is 26.0 Å². The molecule has 1 rings (SSSR count). The minimum atomic E-state index is 0.634. The van der Waals surface area contributed by atoms with Gasteiger partial charge in [-0.2, -0.15) is 0 Å². The third kappa shape index (κ3) is 2.70. The van der Waals surface area contributed by atoms with E-state index in [4.69, 9.17) is 4.74 Å². The molecule has 64 valence electrons. The predicted molar refractivity (Wildman–Crippen MR) is 48.8 cm³/mol. The van der Waals surface area contributed by atoms with Crippen molar-refractivity contribution >= 4 is 12.2 Å². The summed E-state index contributed by atoms with van der Waals surface area (Å²) in [7, 11) is 0. The van der Waals surface area contributed by atoms with Crippen LogP contribution in [-0.4, -0.2) is 18.0 Å². The van der Waals surface area contributed by atoms with Gasteiger partial charge in [0.25, 0.3) is 0 Å². The summed E-state index contributed by atoms with van der Waals surface area (Å²) >= 11 is 0. The number of pyridine rings is 1. The van der Waals surface area contributed by atoms with Gasteiger partial charge in [-0.1, -0.05) is 6.07 Å². The molecule has 0 radical (unpaired) electrons. The number of hydrogen-bond donors (Lipinski definition) is 0. The fraction of sp³-hybridized carbons (Fsp3) is 0.333. The molecule has 3 nitrogen and oxygen atoms in total. The molecule has 0 aliphatic carbocycles. The van der Waals surface area contributed by atoms with E-state index in [1.165, 1.54) is 6.40 Å². The lowest BCUT2D eigenvalue weighted by atomic mass is 10.3. The first-order valence-corrected chi connectivity index (χ1v) is 3.89. The summed E-state index contributed by atoms with van der Waals surface area (Å²) < 4.78 is 4.94. The van der Waals surface area contributed by atoms with Crippen LogP contribution in [-0.2, 0) is 4.74 Å². The molecule has 3 heteroatoms. The lowest BCUT2D eigenvalue weighted by Crippen LogP contribution is -1.84. The van der Waals surface area contributed by atoms with Crippen LogP contribution in [0.5, 0.6) is 0 Å². The Balaban J connectivity index is 2.58. The minimum absolute atomic E-state index is 0.634. The molecule has 0 saturated heterocycles. The van der Waals surface area contributed by atoms with Crippen molar-refractivity contribution in [1.82, 2.24) is 4.98 Å². The van der Waals surface area contributed by atoms with E-state index >= 15 is 0 Å². The Morgan fingerprint density at radius 2 is 2.42 bits per heavy atom. The monoisotopic (exact) mass is 164 g/mol. The van der Waals surface area contributed by atoms with E-state index in [0.29, 0.717) is 12.4 Å². The molecule has 0 spiro atoms. The van der Waals surface area contributed by atoms with Crippen LogP contribution in [0.15, 0.2) is 23.3 Å². The van der Waals surface area contributed by atoms with E-state index in [-0.39, 0.29) is 0 Å². The molecule has 0 aliphatic rings. The zero-order chi connectivity index (χ0) is 8.81. The molecule has 0 amide bonds. The van der Waals surface area contributed by atoms with Gasteiger partial charge in [-0.25, -0.2) is 9.98 Å². The Labute approximate surface area is 72.1 Å². The maximum absolute atomic E-state index is 4.94. The molecule has 0 saturated carbocycles. The van der Waals surface area contributed by atoms with Crippen LogP contribution >= 0.6 is 0 Å². The van der Waals surface area contributed by atoms with Crippen LogP contribution in [0.1, 0.15) is 12.5 Å². The Morgan fingerprint density at radius 3 is 3.00 bits per heavy atom. The van der Waals surface area contributed by atoms with Crippen molar-refractivity contribution < 1.29 is 4.74 Å². The van der Waals surface area contributed by atoms with Gasteiger partial charge in [0.2, 0.25) is 0 Å². The van der Waals surface area contributed by atoms with Crippen LogP contribution < -0.4 is 0 Å². The van der Waals surface area contributed by atoms with Crippen molar-refractivity contribution in [1.29, 1.82) is 0 Å². The molecular formula is C9H12N2O. The molecule has 1 heterocycles. The fourth-order valence-electron chi connectivity index (χ4n) is 0.702. The highest BCUT2D eigenvalue weighted by molar-refractivity contribution is 5.52. The molecule has 0 fully saturated rings. The van der Waals surface area contributed by atoms with Crippen molar-refractivity contribution in [3.63, 3.8) is 0 Å². The maximum Gasteiger partial charge on any atom is 0.176 e. The Morgan fingerprint density at radius 1 is 1.58 bits per heavy atom. The molecule has 12 heavy (non-hydrogen) atoms. The second-order valence-electron chi connectivity index (χ2n) is 2.38. The highest BCUT2D eigenvalue weighted by atomic mass is 16.5. The highest BCUT2D eigenvalue weighted by Gasteiger charge is 1.87. The molecule has 0 bridgehead atoms. The summed E-state index contributed by atoms with van der Waals surface area (Å²) in [4.78, 5) is 8.05.